The summed E-state index contributed by atoms with van der Waals surface area (Å²) in [6, 6.07) is 0. The number of hydrogen-bond acceptors (Lipinski definition) is 7. The summed E-state index contributed by atoms with van der Waals surface area (Å²) < 4.78 is 26.2. The lowest BCUT2D eigenvalue weighted by molar-refractivity contribution is -0.161. The number of carbonyl (C=O) groups excluding carboxylic acids is 2. The molecule has 0 aliphatic carbocycles. The maximum Gasteiger partial charge on any atom is 0.469 e. The van der Waals surface area contributed by atoms with E-state index in [2.05, 4.69) is 73.1 Å². The van der Waals surface area contributed by atoms with E-state index < -0.39 is 38.6 Å². The van der Waals surface area contributed by atoms with Gasteiger partial charge < -0.3 is 24.4 Å². The van der Waals surface area contributed by atoms with Crippen molar-refractivity contribution in [1.82, 2.24) is 0 Å². The molecule has 298 valence electrons. The normalized spacial score (nSPS) is 14.3. The van der Waals surface area contributed by atoms with E-state index in [1.165, 1.54) is 0 Å². The van der Waals surface area contributed by atoms with Crippen LogP contribution in [0.1, 0.15) is 123 Å². The minimum absolute atomic E-state index is 0.115. The molecule has 0 aliphatic heterocycles. The zero-order chi connectivity index (χ0) is 39.1. The molecule has 0 radical (unpaired) electrons. The average molecular weight is 759 g/mol. The number of rotatable bonds is 33. The molecule has 0 saturated carbocycles. The zero-order valence-electron chi connectivity index (χ0n) is 32.2. The summed E-state index contributed by atoms with van der Waals surface area (Å²) >= 11 is 0. The molecule has 0 aliphatic rings. The van der Waals surface area contributed by atoms with Gasteiger partial charge in [0.25, 0.3) is 0 Å². The molecule has 0 amide bonds. The van der Waals surface area contributed by atoms with Crippen molar-refractivity contribution in [2.45, 2.75) is 135 Å². The van der Waals surface area contributed by atoms with Gasteiger partial charge in [-0.05, 0) is 77.0 Å². The Kier molecular flexibility index (Phi) is 34.7. The lowest BCUT2D eigenvalue weighted by Crippen LogP contribution is -2.29. The fourth-order valence-electron chi connectivity index (χ4n) is 4.55. The van der Waals surface area contributed by atoms with Gasteiger partial charge in [0.15, 0.2) is 6.10 Å². The van der Waals surface area contributed by atoms with Gasteiger partial charge in [-0.1, -0.05) is 142 Å². The van der Waals surface area contributed by atoms with Gasteiger partial charge >= 0.3 is 19.8 Å². The van der Waals surface area contributed by atoms with Crippen molar-refractivity contribution in [3.63, 3.8) is 0 Å². The van der Waals surface area contributed by atoms with E-state index in [1.54, 1.807) is 6.08 Å². The van der Waals surface area contributed by atoms with E-state index in [0.717, 1.165) is 77.0 Å². The fraction of sp³-hybridized carbons (Fsp3) is 0.535. The molecular weight excluding hydrogens is 691 g/mol. The van der Waals surface area contributed by atoms with Crippen molar-refractivity contribution in [3.05, 3.63) is 109 Å². The topological polar surface area (TPSA) is 140 Å². The largest absolute Gasteiger partial charge is 0.469 e. The lowest BCUT2D eigenvalue weighted by atomic mass is 10.1. The van der Waals surface area contributed by atoms with E-state index in [-0.39, 0.29) is 19.4 Å². The molecular formula is C43H67O9P. The Hall–Kier alpha value is -3.33. The third kappa shape index (κ3) is 39.7. The molecule has 0 bridgehead atoms. The molecule has 0 aromatic rings. The minimum atomic E-state index is -4.79. The summed E-state index contributed by atoms with van der Waals surface area (Å²) in [5, 5.41) is 9.81. The van der Waals surface area contributed by atoms with Crippen molar-refractivity contribution in [1.29, 1.82) is 0 Å². The molecule has 53 heavy (non-hydrogen) atoms. The van der Waals surface area contributed by atoms with Crippen LogP contribution in [-0.2, 0) is 28.2 Å². The number of hydrogen-bond donors (Lipinski definition) is 3. The molecule has 2 atom stereocenters. The van der Waals surface area contributed by atoms with E-state index in [0.29, 0.717) is 19.3 Å². The smallest absolute Gasteiger partial charge is 0.462 e. The number of aliphatic hydroxyl groups is 1. The first-order chi connectivity index (χ1) is 25.7. The highest BCUT2D eigenvalue weighted by Crippen LogP contribution is 2.35. The highest BCUT2D eigenvalue weighted by atomic mass is 31.2. The van der Waals surface area contributed by atoms with Crippen LogP contribution in [0.4, 0.5) is 0 Å². The van der Waals surface area contributed by atoms with Crippen molar-refractivity contribution in [3.8, 4) is 0 Å². The number of phosphoric acid groups is 1. The van der Waals surface area contributed by atoms with Gasteiger partial charge in [0, 0.05) is 12.8 Å². The molecule has 10 heteroatoms. The Labute approximate surface area is 319 Å². The molecule has 0 aromatic carbocycles. The van der Waals surface area contributed by atoms with Gasteiger partial charge in [-0.2, -0.15) is 0 Å². The Morgan fingerprint density at radius 1 is 0.585 bits per heavy atom. The van der Waals surface area contributed by atoms with E-state index in [4.69, 9.17) is 19.3 Å². The molecule has 0 saturated heterocycles. The van der Waals surface area contributed by atoms with E-state index in [1.807, 2.05) is 48.6 Å². The van der Waals surface area contributed by atoms with Crippen LogP contribution in [0.5, 0.6) is 0 Å². The molecule has 0 rings (SSSR count). The van der Waals surface area contributed by atoms with Crippen LogP contribution in [0.15, 0.2) is 109 Å². The second-order valence-corrected chi connectivity index (χ2v) is 13.6. The van der Waals surface area contributed by atoms with Crippen LogP contribution in [0.25, 0.3) is 0 Å². The predicted octanol–water partition coefficient (Wildman–Crippen LogP) is 10.6. The third-order valence-corrected chi connectivity index (χ3v) is 7.87. The van der Waals surface area contributed by atoms with Crippen LogP contribution >= 0.6 is 7.82 Å². The van der Waals surface area contributed by atoms with Gasteiger partial charge in [0.1, 0.15) is 6.61 Å². The van der Waals surface area contributed by atoms with Gasteiger partial charge in [-0.25, -0.2) is 4.57 Å². The van der Waals surface area contributed by atoms with Crippen molar-refractivity contribution in [2.75, 3.05) is 13.2 Å². The predicted molar refractivity (Wildman–Crippen MR) is 217 cm³/mol. The maximum atomic E-state index is 12.4. The fourth-order valence-corrected chi connectivity index (χ4v) is 4.91. The summed E-state index contributed by atoms with van der Waals surface area (Å²) in [5.41, 5.74) is 0. The molecule has 1 unspecified atom stereocenters. The van der Waals surface area contributed by atoms with Crippen LogP contribution in [0.3, 0.4) is 0 Å². The number of carbonyl (C=O) groups is 2. The van der Waals surface area contributed by atoms with Crippen LogP contribution in [0, 0.1) is 0 Å². The van der Waals surface area contributed by atoms with Crippen LogP contribution < -0.4 is 0 Å². The summed E-state index contributed by atoms with van der Waals surface area (Å²) in [6.07, 6.45) is 48.6. The molecule has 3 N–H and O–H groups in total. The van der Waals surface area contributed by atoms with Crippen LogP contribution in [-0.4, -0.2) is 52.3 Å². The van der Waals surface area contributed by atoms with Gasteiger partial charge in [0.2, 0.25) is 0 Å². The molecule has 0 aromatic heterocycles. The third-order valence-electron chi connectivity index (χ3n) is 7.38. The lowest BCUT2D eigenvalue weighted by Gasteiger charge is -2.18. The SMILES string of the molecule is CC/C=C\C/C=C\C/C=C\CCCCCCCC(=O)O[C@H](COC(=O)CC/C=C\C/C=C\C/C=C\C/C=C/C=C/C(O)C/C=C\CC)COP(=O)(O)O. The Balaban J connectivity index is 4.18. The van der Waals surface area contributed by atoms with Gasteiger partial charge in [0.05, 0.1) is 12.7 Å². The second-order valence-electron chi connectivity index (χ2n) is 12.3. The van der Waals surface area contributed by atoms with Crippen molar-refractivity contribution in [2.24, 2.45) is 0 Å². The first-order valence-corrected chi connectivity index (χ1v) is 20.8. The maximum absolute atomic E-state index is 12.4. The number of allylic oxidation sites excluding steroid dienone is 16. The summed E-state index contributed by atoms with van der Waals surface area (Å²) in [5.74, 6) is -1.04. The van der Waals surface area contributed by atoms with Crippen molar-refractivity contribution >= 4 is 19.8 Å². The monoisotopic (exact) mass is 758 g/mol. The number of aliphatic hydroxyl groups excluding tert-OH is 1. The van der Waals surface area contributed by atoms with Gasteiger partial charge in [-0.3, -0.25) is 14.1 Å². The Morgan fingerprint density at radius 3 is 1.74 bits per heavy atom. The highest BCUT2D eigenvalue weighted by Gasteiger charge is 2.22. The first kappa shape index (κ1) is 49.7. The number of unbranched alkanes of at least 4 members (excludes halogenated alkanes) is 5. The minimum Gasteiger partial charge on any atom is -0.462 e. The molecule has 9 nitrogen and oxygen atoms in total. The number of esters is 2. The van der Waals surface area contributed by atoms with E-state index in [9.17, 15) is 19.3 Å². The summed E-state index contributed by atoms with van der Waals surface area (Å²) in [4.78, 5) is 42.7. The Bertz CT molecular complexity index is 1230. The summed E-state index contributed by atoms with van der Waals surface area (Å²) in [6.45, 7) is 3.26. The molecule has 0 heterocycles. The highest BCUT2D eigenvalue weighted by molar-refractivity contribution is 7.46. The quantitative estimate of drug-likeness (QED) is 0.0196. The average Bonchev–Trinajstić information content (AvgIpc) is 3.12. The molecule has 0 spiro atoms. The zero-order valence-corrected chi connectivity index (χ0v) is 33.1. The van der Waals surface area contributed by atoms with E-state index >= 15 is 0 Å². The molecule has 0 fully saturated rings. The van der Waals surface area contributed by atoms with Gasteiger partial charge in [-0.15, -0.1) is 0 Å². The standard InChI is InChI=1S/C43H67O9P/c1-3-5-7-8-9-10-11-12-13-16-20-23-26-29-33-37-43(46)52-41(39-51-53(47,48)49)38-50-42(45)36-32-28-25-22-19-17-14-15-18-21-24-27-31-35-40(44)34-30-6-4-2/h5-7,9-10,12-13,15,17-19,24-25,27-28,30-31,35,40-41,44H,3-4,8,11,14,16,20-23,26,29,32-34,36-39H2,1-2H3,(H2,47,48,49)/b7-5-,10-9-,13-12-,18-15-,19-17-,27-24+,28-25-,30-6-,35-31+/t40?,41-/m1/s1. The number of ether oxygens (including phenoxy) is 2. The second kappa shape index (κ2) is 37.0. The first-order valence-electron chi connectivity index (χ1n) is 19.3. The van der Waals surface area contributed by atoms with Crippen molar-refractivity contribution < 1.29 is 43.0 Å². The Morgan fingerprint density at radius 2 is 1.11 bits per heavy atom. The summed E-state index contributed by atoms with van der Waals surface area (Å²) in [7, 11) is -4.79. The van der Waals surface area contributed by atoms with Crippen LogP contribution in [0.2, 0.25) is 0 Å². The number of phosphoric ester groups is 1.